The first-order chi connectivity index (χ1) is 35.8. The van der Waals surface area contributed by atoms with Crippen LogP contribution in [0.25, 0.3) is 16.9 Å². The molecule has 0 spiro atoms. The number of benzene rings is 2. The number of aliphatic carboxylic acids is 1. The summed E-state index contributed by atoms with van der Waals surface area (Å²) in [5.74, 6) is -1.43. The van der Waals surface area contributed by atoms with E-state index in [0.29, 0.717) is 78.2 Å². The summed E-state index contributed by atoms with van der Waals surface area (Å²) >= 11 is 0. The van der Waals surface area contributed by atoms with E-state index in [1.165, 1.54) is 12.2 Å². The first-order valence-corrected chi connectivity index (χ1v) is 26.8. The Hall–Kier alpha value is -6.40. The summed E-state index contributed by atoms with van der Waals surface area (Å²) in [6.07, 6.45) is 11.7. The van der Waals surface area contributed by atoms with Gasteiger partial charge < -0.3 is 40.3 Å². The van der Waals surface area contributed by atoms with Crippen molar-refractivity contribution >= 4 is 41.3 Å². The lowest BCUT2D eigenvalue weighted by Crippen LogP contribution is -2.70. The van der Waals surface area contributed by atoms with Gasteiger partial charge in [0, 0.05) is 57.2 Å². The standard InChI is InChI=1S/C57H78N8O10/c1-36(2)44-33-39(55(71)63(5)26-13-24-61(3)23-12-25-62(4)35-40(53(58)69)14-9-8-10-15-43(66)22-27-64-50(67)20-21-51(64)68)18-19-46(44)65-47(52-48(74-6)16-11-17-49(52)75-7)34-45(60-65)54(70)59-57(56(72)73)41-29-37-28-38(31-41)32-42(57)30-37/h11,16-21,33-34,36-38,40-42H,8-10,12-15,22-32,35H2,1-7H3,(H2,58,69)(H,59,70)(H,72,73). The second kappa shape index (κ2) is 25.0. The number of nitrogens with one attached hydrogen (secondary N) is 1. The van der Waals surface area contributed by atoms with Gasteiger partial charge in [0.2, 0.25) is 5.91 Å². The predicted octanol–water partition coefficient (Wildman–Crippen LogP) is 6.34. The average molecular weight is 1040 g/mol. The van der Waals surface area contributed by atoms with Crippen LogP contribution in [0.4, 0.5) is 0 Å². The maximum atomic E-state index is 14.5. The van der Waals surface area contributed by atoms with Crippen LogP contribution in [0.2, 0.25) is 0 Å². The lowest BCUT2D eigenvalue weighted by molar-refractivity contribution is -0.163. The quantitative estimate of drug-likeness (QED) is 0.0510. The Bertz CT molecular complexity index is 2560. The van der Waals surface area contributed by atoms with Gasteiger partial charge in [0.1, 0.15) is 22.8 Å². The molecule has 2 aromatic carbocycles. The van der Waals surface area contributed by atoms with Crippen molar-refractivity contribution in [3.63, 3.8) is 0 Å². The molecule has 1 aliphatic heterocycles. The fourth-order valence-corrected chi connectivity index (χ4v) is 12.4. The molecular formula is C57H78N8O10. The summed E-state index contributed by atoms with van der Waals surface area (Å²) in [5.41, 5.74) is 7.54. The van der Waals surface area contributed by atoms with Gasteiger partial charge in [0.05, 0.1) is 37.1 Å². The van der Waals surface area contributed by atoms with Gasteiger partial charge in [-0.05, 0) is 163 Å². The van der Waals surface area contributed by atoms with E-state index in [2.05, 4.69) is 22.2 Å². The Morgan fingerprint density at radius 1 is 0.800 bits per heavy atom. The number of carbonyl (C=O) groups is 7. The van der Waals surface area contributed by atoms with E-state index >= 15 is 0 Å². The fourth-order valence-electron chi connectivity index (χ4n) is 12.4. The molecular weight excluding hydrogens is 957 g/mol. The number of hydrogen-bond acceptors (Lipinski definition) is 12. The number of unbranched alkanes of at least 4 members (excludes halogenated alkanes) is 2. The molecule has 406 valence electrons. The summed E-state index contributed by atoms with van der Waals surface area (Å²) in [5, 5.41) is 18.8. The second-order valence-corrected chi connectivity index (χ2v) is 21.9. The van der Waals surface area contributed by atoms with E-state index in [1.54, 1.807) is 55.1 Å². The number of carboxylic acid groups (broad SMARTS) is 1. The molecule has 4 saturated carbocycles. The van der Waals surface area contributed by atoms with Crippen molar-refractivity contribution in [3.05, 3.63) is 71.4 Å². The normalized spacial score (nSPS) is 21.1. The number of methoxy groups -OCH3 is 2. The highest BCUT2D eigenvalue weighted by Gasteiger charge is 2.62. The van der Waals surface area contributed by atoms with Crippen molar-refractivity contribution in [2.45, 2.75) is 109 Å². The van der Waals surface area contributed by atoms with Crippen LogP contribution in [0.3, 0.4) is 0 Å². The molecule has 3 aromatic rings. The van der Waals surface area contributed by atoms with Crippen LogP contribution in [0.15, 0.2) is 54.6 Å². The zero-order chi connectivity index (χ0) is 54.1. The first kappa shape index (κ1) is 56.3. The molecule has 8 rings (SSSR count). The summed E-state index contributed by atoms with van der Waals surface area (Å²) in [4.78, 5) is 97.0. The molecule has 18 heteroatoms. The Morgan fingerprint density at radius 3 is 2.00 bits per heavy atom. The van der Waals surface area contributed by atoms with Gasteiger partial charge in [-0.15, -0.1) is 0 Å². The van der Waals surface area contributed by atoms with Crippen molar-refractivity contribution < 1.29 is 48.1 Å². The minimum Gasteiger partial charge on any atom is -0.496 e. The van der Waals surface area contributed by atoms with E-state index in [4.69, 9.17) is 20.3 Å². The summed E-state index contributed by atoms with van der Waals surface area (Å²) in [6.45, 7) is 7.63. The first-order valence-electron chi connectivity index (χ1n) is 26.8. The molecule has 1 unspecified atom stereocenters. The molecule has 5 aliphatic rings. The number of rotatable bonds is 29. The zero-order valence-electron chi connectivity index (χ0n) is 45.0. The van der Waals surface area contributed by atoms with Crippen LogP contribution in [-0.4, -0.2) is 156 Å². The zero-order valence-corrected chi connectivity index (χ0v) is 45.0. The maximum absolute atomic E-state index is 14.5. The van der Waals surface area contributed by atoms with Crippen LogP contribution < -0.4 is 20.5 Å². The summed E-state index contributed by atoms with van der Waals surface area (Å²) in [7, 11) is 8.97. The molecule has 2 heterocycles. The van der Waals surface area contributed by atoms with Gasteiger partial charge in [-0.1, -0.05) is 32.8 Å². The number of hydrogen-bond donors (Lipinski definition) is 3. The van der Waals surface area contributed by atoms with Gasteiger partial charge in [0.25, 0.3) is 23.6 Å². The van der Waals surface area contributed by atoms with Gasteiger partial charge >= 0.3 is 5.97 Å². The second-order valence-electron chi connectivity index (χ2n) is 21.9. The molecule has 0 radical (unpaired) electrons. The monoisotopic (exact) mass is 1030 g/mol. The number of Topliss-reactive ketones (excluding diaryl/α,β-unsaturated/α-hetero) is 1. The Kier molecular flexibility index (Phi) is 18.7. The highest BCUT2D eigenvalue weighted by Crippen LogP contribution is 2.58. The summed E-state index contributed by atoms with van der Waals surface area (Å²) in [6, 6.07) is 12.6. The van der Waals surface area contributed by atoms with Gasteiger partial charge in [-0.3, -0.25) is 33.7 Å². The molecule has 4 aliphatic carbocycles. The lowest BCUT2D eigenvalue weighted by Gasteiger charge is -2.59. The third-order valence-electron chi connectivity index (χ3n) is 16.3. The minimum absolute atomic E-state index is 0.00292. The van der Waals surface area contributed by atoms with Crippen LogP contribution in [-0.2, 0) is 24.0 Å². The molecule has 1 aromatic heterocycles. The number of carboxylic acids is 1. The van der Waals surface area contributed by atoms with Crippen molar-refractivity contribution in [1.29, 1.82) is 0 Å². The average Bonchev–Trinajstić information content (AvgIpc) is 3.96. The van der Waals surface area contributed by atoms with Crippen molar-refractivity contribution in [1.82, 2.24) is 34.7 Å². The maximum Gasteiger partial charge on any atom is 0.330 e. The number of imide groups is 1. The number of carbonyl (C=O) groups excluding carboxylic acids is 6. The Labute approximate surface area is 441 Å². The molecule has 4 bridgehead atoms. The predicted molar refractivity (Wildman–Crippen MR) is 284 cm³/mol. The van der Waals surface area contributed by atoms with Crippen molar-refractivity contribution in [2.24, 2.45) is 35.3 Å². The van der Waals surface area contributed by atoms with E-state index in [-0.39, 0.29) is 71.7 Å². The van der Waals surface area contributed by atoms with E-state index in [9.17, 15) is 38.7 Å². The third-order valence-corrected chi connectivity index (χ3v) is 16.3. The lowest BCUT2D eigenvalue weighted by atomic mass is 9.48. The van der Waals surface area contributed by atoms with Crippen molar-refractivity contribution in [2.75, 3.05) is 74.6 Å². The number of amides is 5. The molecule has 0 saturated heterocycles. The third kappa shape index (κ3) is 13.0. The smallest absolute Gasteiger partial charge is 0.330 e. The van der Waals surface area contributed by atoms with Crippen LogP contribution >= 0.6 is 0 Å². The molecule has 4 N–H and O–H groups in total. The highest BCUT2D eigenvalue weighted by molar-refractivity contribution is 6.13. The molecule has 5 amide bonds. The molecule has 75 heavy (non-hydrogen) atoms. The van der Waals surface area contributed by atoms with E-state index in [0.717, 1.165) is 87.9 Å². The number of primary amides is 1. The fraction of sp³-hybridized carbons (Fsp3) is 0.579. The van der Waals surface area contributed by atoms with Crippen LogP contribution in [0.5, 0.6) is 11.5 Å². The SMILES string of the molecule is COc1cccc(OC)c1-c1cc(C(=O)NC2(C(=O)O)C3CC4CC(C3)CC2C4)nn1-c1ccc(C(=O)N(C)CCCN(C)CCCN(C)CC(CCCCCC(=O)CCN2C(=O)C=CC2=O)C(N)=O)cc1C(C)C. The van der Waals surface area contributed by atoms with Crippen LogP contribution in [0, 0.1) is 29.6 Å². The number of ether oxygens (including phenoxy) is 2. The molecule has 4 fully saturated rings. The van der Waals surface area contributed by atoms with E-state index in [1.807, 2.05) is 39.1 Å². The van der Waals surface area contributed by atoms with Crippen LogP contribution in [0.1, 0.15) is 130 Å². The number of nitrogens with zero attached hydrogens (tertiary/aromatic N) is 6. The largest absolute Gasteiger partial charge is 0.496 e. The van der Waals surface area contributed by atoms with Gasteiger partial charge in [0.15, 0.2) is 5.69 Å². The number of ketones is 1. The van der Waals surface area contributed by atoms with E-state index < -0.39 is 17.4 Å². The minimum atomic E-state index is -1.36. The van der Waals surface area contributed by atoms with Gasteiger partial charge in [-0.25, -0.2) is 9.48 Å². The number of nitrogens with two attached hydrogens (primary N) is 1. The molecule has 18 nitrogen and oxygen atoms in total. The van der Waals surface area contributed by atoms with Crippen molar-refractivity contribution in [3.8, 4) is 28.4 Å². The summed E-state index contributed by atoms with van der Waals surface area (Å²) < 4.78 is 13.4. The van der Waals surface area contributed by atoms with Gasteiger partial charge in [-0.2, -0.15) is 5.10 Å². The Balaban J connectivity index is 0.925. The topological polar surface area (TPSA) is 227 Å². The number of aromatic nitrogens is 2. The highest BCUT2D eigenvalue weighted by atomic mass is 16.5. The molecule has 1 atom stereocenters. The Morgan fingerprint density at radius 2 is 1.41 bits per heavy atom.